The summed E-state index contributed by atoms with van der Waals surface area (Å²) in [5, 5.41) is 0. The zero-order chi connectivity index (χ0) is 10.1. The molecule has 0 amide bonds. The van der Waals surface area contributed by atoms with Gasteiger partial charge in [0.25, 0.3) is 0 Å². The van der Waals surface area contributed by atoms with Gasteiger partial charge in [-0.25, -0.2) is 0 Å². The summed E-state index contributed by atoms with van der Waals surface area (Å²) in [7, 11) is 1.43. The fourth-order valence-electron chi connectivity index (χ4n) is 1.80. The maximum atomic E-state index is 11.2. The molecule has 2 atom stereocenters. The first-order valence-electron chi connectivity index (χ1n) is 4.83. The summed E-state index contributed by atoms with van der Waals surface area (Å²) in [4.78, 5) is 11.2. The summed E-state index contributed by atoms with van der Waals surface area (Å²) < 4.78 is 4.68. The Bertz CT molecular complexity index is 195. The molecule has 0 radical (unpaired) electrons. The number of hydrogen-bond acceptors (Lipinski definition) is 3. The van der Waals surface area contributed by atoms with Crippen LogP contribution in [0.5, 0.6) is 0 Å². The van der Waals surface area contributed by atoms with E-state index in [0.29, 0.717) is 12.3 Å². The molecule has 0 aromatic carbocycles. The van der Waals surface area contributed by atoms with Crippen molar-refractivity contribution in [3.05, 3.63) is 0 Å². The Hall–Kier alpha value is -0.570. The van der Waals surface area contributed by atoms with Gasteiger partial charge in [-0.2, -0.15) is 0 Å². The summed E-state index contributed by atoms with van der Waals surface area (Å²) >= 11 is 0. The van der Waals surface area contributed by atoms with Gasteiger partial charge in [0.15, 0.2) is 0 Å². The van der Waals surface area contributed by atoms with Gasteiger partial charge in [-0.05, 0) is 31.1 Å². The third kappa shape index (κ3) is 2.21. The number of hydrogen-bond donors (Lipinski definition) is 1. The molecule has 0 saturated heterocycles. The van der Waals surface area contributed by atoms with E-state index in [0.717, 1.165) is 0 Å². The van der Waals surface area contributed by atoms with Crippen LogP contribution < -0.4 is 5.73 Å². The van der Waals surface area contributed by atoms with Gasteiger partial charge in [-0.1, -0.05) is 6.92 Å². The lowest BCUT2D eigenvalue weighted by molar-refractivity contribution is -0.143. The van der Waals surface area contributed by atoms with Crippen LogP contribution in [0, 0.1) is 11.3 Å². The highest BCUT2D eigenvalue weighted by Crippen LogP contribution is 2.49. The second-order valence-corrected chi connectivity index (χ2v) is 4.32. The van der Waals surface area contributed by atoms with Gasteiger partial charge in [0, 0.05) is 6.04 Å². The van der Waals surface area contributed by atoms with Crippen molar-refractivity contribution in [1.29, 1.82) is 0 Å². The Morgan fingerprint density at radius 2 is 2.23 bits per heavy atom. The highest BCUT2D eigenvalue weighted by Gasteiger charge is 2.45. The standard InChI is InChI=1S/C10H19NO2/c1-7(11)10(2,8-4-5-8)6-9(12)13-3/h7-8H,4-6,11H2,1-3H3. The second kappa shape index (κ2) is 3.66. The molecule has 1 aliphatic rings. The maximum absolute atomic E-state index is 11.2. The number of methoxy groups -OCH3 is 1. The van der Waals surface area contributed by atoms with Crippen LogP contribution in [-0.4, -0.2) is 19.1 Å². The fraction of sp³-hybridized carbons (Fsp3) is 0.900. The van der Waals surface area contributed by atoms with Crippen molar-refractivity contribution in [3.8, 4) is 0 Å². The van der Waals surface area contributed by atoms with Gasteiger partial charge in [-0.3, -0.25) is 4.79 Å². The third-order valence-corrected chi connectivity index (χ3v) is 3.30. The lowest BCUT2D eigenvalue weighted by Crippen LogP contribution is -2.40. The van der Waals surface area contributed by atoms with E-state index in [1.807, 2.05) is 6.92 Å². The Labute approximate surface area is 79.6 Å². The van der Waals surface area contributed by atoms with E-state index in [-0.39, 0.29) is 17.4 Å². The van der Waals surface area contributed by atoms with E-state index in [2.05, 4.69) is 11.7 Å². The number of esters is 1. The van der Waals surface area contributed by atoms with E-state index in [1.54, 1.807) is 0 Å². The Morgan fingerprint density at radius 1 is 1.69 bits per heavy atom. The van der Waals surface area contributed by atoms with E-state index in [9.17, 15) is 4.79 Å². The zero-order valence-electron chi connectivity index (χ0n) is 8.67. The van der Waals surface area contributed by atoms with Gasteiger partial charge in [0.05, 0.1) is 13.5 Å². The average molecular weight is 185 g/mol. The first-order valence-corrected chi connectivity index (χ1v) is 4.83. The Morgan fingerprint density at radius 3 is 2.54 bits per heavy atom. The summed E-state index contributed by atoms with van der Waals surface area (Å²) in [6.45, 7) is 4.06. The summed E-state index contributed by atoms with van der Waals surface area (Å²) in [6.07, 6.45) is 2.86. The fourth-order valence-corrected chi connectivity index (χ4v) is 1.80. The molecule has 0 heterocycles. The normalized spacial score (nSPS) is 23.4. The molecule has 1 fully saturated rings. The van der Waals surface area contributed by atoms with Crippen LogP contribution in [-0.2, 0) is 9.53 Å². The topological polar surface area (TPSA) is 52.3 Å². The second-order valence-electron chi connectivity index (χ2n) is 4.32. The number of ether oxygens (including phenoxy) is 1. The maximum Gasteiger partial charge on any atom is 0.306 e. The van der Waals surface area contributed by atoms with Crippen molar-refractivity contribution < 1.29 is 9.53 Å². The molecule has 3 heteroatoms. The van der Waals surface area contributed by atoms with E-state index in [4.69, 9.17) is 5.73 Å². The van der Waals surface area contributed by atoms with Crippen LogP contribution >= 0.6 is 0 Å². The van der Waals surface area contributed by atoms with Crippen molar-refractivity contribution in [2.45, 2.75) is 39.2 Å². The minimum Gasteiger partial charge on any atom is -0.469 e. The predicted molar refractivity (Wildman–Crippen MR) is 51.1 cm³/mol. The first kappa shape index (κ1) is 10.5. The van der Waals surface area contributed by atoms with E-state index >= 15 is 0 Å². The quantitative estimate of drug-likeness (QED) is 0.672. The SMILES string of the molecule is COC(=O)CC(C)(C(C)N)C1CC1. The molecule has 1 rings (SSSR count). The smallest absolute Gasteiger partial charge is 0.306 e. The number of nitrogens with two attached hydrogens (primary N) is 1. The van der Waals surface area contributed by atoms with Crippen LogP contribution in [0.25, 0.3) is 0 Å². The molecule has 0 aliphatic heterocycles. The molecule has 3 nitrogen and oxygen atoms in total. The Kier molecular flexibility index (Phi) is 2.96. The number of carbonyl (C=O) groups excluding carboxylic acids is 1. The van der Waals surface area contributed by atoms with Crippen LogP contribution in [0.2, 0.25) is 0 Å². The molecule has 1 aliphatic carbocycles. The van der Waals surface area contributed by atoms with Gasteiger partial charge in [0.1, 0.15) is 0 Å². The van der Waals surface area contributed by atoms with Gasteiger partial charge in [0.2, 0.25) is 0 Å². The first-order chi connectivity index (χ1) is 6.00. The zero-order valence-corrected chi connectivity index (χ0v) is 8.67. The van der Waals surface area contributed by atoms with Crippen LogP contribution in [0.1, 0.15) is 33.1 Å². The lowest BCUT2D eigenvalue weighted by Gasteiger charge is -2.32. The van der Waals surface area contributed by atoms with Crippen LogP contribution in [0.3, 0.4) is 0 Å². The predicted octanol–water partition coefficient (Wildman–Crippen LogP) is 1.31. The van der Waals surface area contributed by atoms with Crippen molar-refractivity contribution in [3.63, 3.8) is 0 Å². The largest absolute Gasteiger partial charge is 0.469 e. The Balaban J connectivity index is 2.61. The average Bonchev–Trinajstić information content (AvgIpc) is 2.85. The van der Waals surface area contributed by atoms with Crippen molar-refractivity contribution in [1.82, 2.24) is 0 Å². The van der Waals surface area contributed by atoms with Crippen LogP contribution in [0.4, 0.5) is 0 Å². The molecule has 1 saturated carbocycles. The molecule has 2 N–H and O–H groups in total. The highest BCUT2D eigenvalue weighted by molar-refractivity contribution is 5.70. The molecular weight excluding hydrogens is 166 g/mol. The highest BCUT2D eigenvalue weighted by atomic mass is 16.5. The van der Waals surface area contributed by atoms with Crippen molar-refractivity contribution >= 4 is 5.97 Å². The minimum atomic E-state index is -0.147. The van der Waals surface area contributed by atoms with E-state index in [1.165, 1.54) is 20.0 Å². The van der Waals surface area contributed by atoms with Crippen molar-refractivity contribution in [2.75, 3.05) is 7.11 Å². The number of rotatable bonds is 4. The van der Waals surface area contributed by atoms with Crippen LogP contribution in [0.15, 0.2) is 0 Å². The van der Waals surface area contributed by atoms with Gasteiger partial charge >= 0.3 is 5.97 Å². The summed E-state index contributed by atoms with van der Waals surface area (Å²) in [6, 6.07) is 0.0547. The third-order valence-electron chi connectivity index (χ3n) is 3.30. The summed E-state index contributed by atoms with van der Waals surface area (Å²) in [5.74, 6) is 0.471. The molecule has 0 aromatic rings. The molecule has 76 valence electrons. The molecule has 2 unspecified atom stereocenters. The molecule has 0 bridgehead atoms. The van der Waals surface area contributed by atoms with Crippen molar-refractivity contribution in [2.24, 2.45) is 17.1 Å². The molecule has 0 spiro atoms. The lowest BCUT2D eigenvalue weighted by atomic mass is 9.76. The summed E-state index contributed by atoms with van der Waals surface area (Å²) in [5.41, 5.74) is 5.84. The van der Waals surface area contributed by atoms with Gasteiger partial charge < -0.3 is 10.5 Å². The van der Waals surface area contributed by atoms with E-state index < -0.39 is 0 Å². The monoisotopic (exact) mass is 185 g/mol. The van der Waals surface area contributed by atoms with Gasteiger partial charge in [-0.15, -0.1) is 0 Å². The molecule has 13 heavy (non-hydrogen) atoms. The molecule has 0 aromatic heterocycles. The minimum absolute atomic E-state index is 0.0547. The number of carbonyl (C=O) groups is 1. The molecular formula is C10H19NO2.